The van der Waals surface area contributed by atoms with Crippen LogP contribution in [0.4, 0.5) is 17.3 Å². The van der Waals surface area contributed by atoms with Crippen LogP contribution in [-0.2, 0) is 0 Å². The second kappa shape index (κ2) is 5.16. The Morgan fingerprint density at radius 3 is 2.38 bits per heavy atom. The third kappa shape index (κ3) is 4.06. The first kappa shape index (κ1) is 15.5. The number of nitrogen functional groups attached to an aromatic ring is 1. The Morgan fingerprint density at radius 2 is 1.86 bits per heavy atom. The van der Waals surface area contributed by atoms with Crippen LogP contribution in [0.15, 0.2) is 12.1 Å². The maximum absolute atomic E-state index is 10.9. The molecule has 0 unspecified atom stereocenters. The number of aromatic nitrogens is 1. The number of rotatable bonds is 3. The van der Waals surface area contributed by atoms with E-state index in [0.717, 1.165) is 12.8 Å². The van der Waals surface area contributed by atoms with E-state index in [-0.39, 0.29) is 28.4 Å². The normalized spacial score (nSPS) is 21.0. The number of nitro groups is 1. The van der Waals surface area contributed by atoms with Gasteiger partial charge in [0.2, 0.25) is 0 Å². The molecular formula is C15H24N4O2. The summed E-state index contributed by atoms with van der Waals surface area (Å²) < 4.78 is 0. The second-order valence-electron chi connectivity index (χ2n) is 7.65. The van der Waals surface area contributed by atoms with E-state index < -0.39 is 4.92 Å². The standard InChI is InChI=1S/C15H24N4O2/c1-14(2)7-10(8-15(3,4)9-14)17-13-6-11(19(20)21)5-12(16)18-13/h5-6,10H,7-9H2,1-4H3,(H3,16,17,18). The Balaban J connectivity index is 2.19. The van der Waals surface area contributed by atoms with Crippen molar-refractivity contribution in [3.05, 3.63) is 22.2 Å². The number of anilines is 2. The van der Waals surface area contributed by atoms with Crippen molar-refractivity contribution in [3.63, 3.8) is 0 Å². The van der Waals surface area contributed by atoms with E-state index in [2.05, 4.69) is 38.0 Å². The molecule has 0 aromatic carbocycles. The molecule has 0 aliphatic heterocycles. The van der Waals surface area contributed by atoms with Crippen LogP contribution >= 0.6 is 0 Å². The summed E-state index contributed by atoms with van der Waals surface area (Å²) in [5.74, 6) is 0.654. The van der Waals surface area contributed by atoms with E-state index >= 15 is 0 Å². The molecule has 1 aliphatic carbocycles. The summed E-state index contributed by atoms with van der Waals surface area (Å²) in [5.41, 5.74) is 6.11. The average molecular weight is 292 g/mol. The minimum absolute atomic E-state index is 0.0284. The van der Waals surface area contributed by atoms with Gasteiger partial charge >= 0.3 is 0 Å². The zero-order chi connectivity index (χ0) is 15.8. The van der Waals surface area contributed by atoms with Crippen molar-refractivity contribution in [2.45, 2.75) is 53.0 Å². The van der Waals surface area contributed by atoms with Gasteiger partial charge in [0, 0.05) is 6.04 Å². The average Bonchev–Trinajstić information content (AvgIpc) is 2.22. The first-order chi connectivity index (χ1) is 9.56. The molecule has 0 atom stereocenters. The topological polar surface area (TPSA) is 94.1 Å². The molecule has 3 N–H and O–H groups in total. The van der Waals surface area contributed by atoms with Gasteiger partial charge in [0.05, 0.1) is 17.1 Å². The molecule has 2 rings (SSSR count). The molecule has 0 spiro atoms. The summed E-state index contributed by atoms with van der Waals surface area (Å²) >= 11 is 0. The Labute approximate surface area is 125 Å². The van der Waals surface area contributed by atoms with Crippen molar-refractivity contribution >= 4 is 17.3 Å². The quantitative estimate of drug-likeness (QED) is 0.656. The fourth-order valence-electron chi connectivity index (χ4n) is 3.87. The first-order valence-corrected chi connectivity index (χ1v) is 7.25. The van der Waals surface area contributed by atoms with Gasteiger partial charge in [0.1, 0.15) is 11.6 Å². The maximum atomic E-state index is 10.9. The first-order valence-electron chi connectivity index (χ1n) is 7.25. The molecule has 21 heavy (non-hydrogen) atoms. The molecule has 0 bridgehead atoms. The second-order valence-corrected chi connectivity index (χ2v) is 7.65. The molecule has 1 aliphatic rings. The Bertz CT molecular complexity index is 539. The van der Waals surface area contributed by atoms with Gasteiger partial charge in [-0.3, -0.25) is 10.1 Å². The van der Waals surface area contributed by atoms with Crippen LogP contribution < -0.4 is 11.1 Å². The van der Waals surface area contributed by atoms with Crippen molar-refractivity contribution in [2.75, 3.05) is 11.1 Å². The van der Waals surface area contributed by atoms with Crippen molar-refractivity contribution in [1.82, 2.24) is 4.98 Å². The molecule has 6 heteroatoms. The van der Waals surface area contributed by atoms with Crippen LogP contribution in [0, 0.1) is 20.9 Å². The molecular weight excluding hydrogens is 268 g/mol. The van der Waals surface area contributed by atoms with Crippen LogP contribution in [0.1, 0.15) is 47.0 Å². The van der Waals surface area contributed by atoms with Crippen LogP contribution in [0.2, 0.25) is 0 Å². The number of hydrogen-bond acceptors (Lipinski definition) is 5. The van der Waals surface area contributed by atoms with Crippen molar-refractivity contribution in [1.29, 1.82) is 0 Å². The summed E-state index contributed by atoms with van der Waals surface area (Å²) in [6, 6.07) is 2.97. The van der Waals surface area contributed by atoms with Gasteiger partial charge in [-0.25, -0.2) is 4.98 Å². The van der Waals surface area contributed by atoms with E-state index in [4.69, 9.17) is 5.73 Å². The van der Waals surface area contributed by atoms with E-state index in [1.54, 1.807) is 0 Å². The van der Waals surface area contributed by atoms with Crippen molar-refractivity contribution < 1.29 is 4.92 Å². The molecule has 1 saturated carbocycles. The number of hydrogen-bond donors (Lipinski definition) is 2. The third-order valence-electron chi connectivity index (χ3n) is 3.95. The third-order valence-corrected chi connectivity index (χ3v) is 3.95. The van der Waals surface area contributed by atoms with Crippen molar-refractivity contribution in [2.24, 2.45) is 10.8 Å². The van der Waals surface area contributed by atoms with Crippen LogP contribution in [0.25, 0.3) is 0 Å². The number of nitrogens with zero attached hydrogens (tertiary/aromatic N) is 2. The van der Waals surface area contributed by atoms with Gasteiger partial charge in [-0.05, 0) is 30.1 Å². The zero-order valence-electron chi connectivity index (χ0n) is 13.1. The summed E-state index contributed by atoms with van der Waals surface area (Å²) in [6.45, 7) is 9.05. The lowest BCUT2D eigenvalue weighted by Gasteiger charge is -2.45. The Kier molecular flexibility index (Phi) is 3.82. The molecule has 1 aromatic heterocycles. The molecule has 0 radical (unpaired) electrons. The summed E-state index contributed by atoms with van der Waals surface area (Å²) in [5, 5.41) is 14.2. The molecule has 1 heterocycles. The number of pyridine rings is 1. The van der Waals surface area contributed by atoms with Gasteiger partial charge in [0.25, 0.3) is 5.69 Å². The van der Waals surface area contributed by atoms with Crippen LogP contribution in [-0.4, -0.2) is 15.9 Å². The summed E-state index contributed by atoms with van der Waals surface area (Å²) in [7, 11) is 0. The van der Waals surface area contributed by atoms with Gasteiger partial charge in [-0.2, -0.15) is 0 Å². The molecule has 116 valence electrons. The summed E-state index contributed by atoms with van der Waals surface area (Å²) in [4.78, 5) is 14.6. The van der Waals surface area contributed by atoms with Gasteiger partial charge in [0.15, 0.2) is 0 Å². The van der Waals surface area contributed by atoms with Gasteiger partial charge in [-0.15, -0.1) is 0 Å². The van der Waals surface area contributed by atoms with Gasteiger partial charge < -0.3 is 11.1 Å². The largest absolute Gasteiger partial charge is 0.383 e. The minimum atomic E-state index is -0.446. The van der Waals surface area contributed by atoms with E-state index in [9.17, 15) is 10.1 Å². The highest BCUT2D eigenvalue weighted by Gasteiger charge is 2.38. The molecule has 1 fully saturated rings. The molecule has 6 nitrogen and oxygen atoms in total. The molecule has 1 aromatic rings. The highest BCUT2D eigenvalue weighted by atomic mass is 16.6. The van der Waals surface area contributed by atoms with E-state index in [1.807, 2.05) is 0 Å². The lowest BCUT2D eigenvalue weighted by molar-refractivity contribution is -0.384. The highest BCUT2D eigenvalue weighted by Crippen LogP contribution is 2.46. The fourth-order valence-corrected chi connectivity index (χ4v) is 3.87. The van der Waals surface area contributed by atoms with Gasteiger partial charge in [-0.1, -0.05) is 27.7 Å². The monoisotopic (exact) mass is 292 g/mol. The zero-order valence-corrected chi connectivity index (χ0v) is 13.1. The predicted molar refractivity (Wildman–Crippen MR) is 84.1 cm³/mol. The number of nitrogens with two attached hydrogens (primary N) is 1. The summed E-state index contributed by atoms with van der Waals surface area (Å²) in [6.07, 6.45) is 3.20. The Morgan fingerprint density at radius 1 is 1.29 bits per heavy atom. The smallest absolute Gasteiger partial charge is 0.276 e. The maximum Gasteiger partial charge on any atom is 0.276 e. The number of nitrogens with one attached hydrogen (secondary N) is 1. The van der Waals surface area contributed by atoms with E-state index in [1.165, 1.54) is 18.6 Å². The van der Waals surface area contributed by atoms with Crippen LogP contribution in [0.3, 0.4) is 0 Å². The predicted octanol–water partition coefficient (Wildman–Crippen LogP) is 3.59. The highest BCUT2D eigenvalue weighted by molar-refractivity contribution is 5.53. The molecule has 0 saturated heterocycles. The SMILES string of the molecule is CC1(C)CC(Nc2cc([N+](=O)[O-])cc(N)n2)CC(C)(C)C1. The van der Waals surface area contributed by atoms with E-state index in [0.29, 0.717) is 5.82 Å². The van der Waals surface area contributed by atoms with Crippen molar-refractivity contribution in [3.8, 4) is 0 Å². The Hall–Kier alpha value is -1.85. The fraction of sp³-hybridized carbons (Fsp3) is 0.667. The lowest BCUT2D eigenvalue weighted by atomic mass is 9.63. The lowest BCUT2D eigenvalue weighted by Crippen LogP contribution is -2.40. The minimum Gasteiger partial charge on any atom is -0.383 e. The van der Waals surface area contributed by atoms with Crippen LogP contribution in [0.5, 0.6) is 0 Å². The molecule has 0 amide bonds.